The summed E-state index contributed by atoms with van der Waals surface area (Å²) in [5, 5.41) is 26.8. The van der Waals surface area contributed by atoms with Crippen LogP contribution in [-0.4, -0.2) is 39.9 Å². The molecule has 0 amide bonds. The lowest BCUT2D eigenvalue weighted by molar-refractivity contribution is 1.28. The first-order chi connectivity index (χ1) is 39.6. The molecule has 0 atom stereocenters. The van der Waals surface area contributed by atoms with Crippen LogP contribution in [0, 0.1) is 0 Å². The number of H-pyrrole nitrogens is 2. The van der Waals surface area contributed by atoms with Gasteiger partial charge in [-0.05, 0) is 179 Å². The van der Waals surface area contributed by atoms with E-state index in [2.05, 4.69) is 204 Å². The summed E-state index contributed by atoms with van der Waals surface area (Å²) in [5.41, 5.74) is 14.5. The molecule has 8 bridgehead atoms. The molecule has 8 heteroatoms. The van der Waals surface area contributed by atoms with Gasteiger partial charge in [-0.3, -0.25) is 0 Å². The number of hydrogen-bond acceptors (Lipinski definition) is 6. The van der Waals surface area contributed by atoms with Gasteiger partial charge < -0.3 is 9.97 Å². The molecule has 5 heterocycles. The molecule has 0 radical (unpaired) electrons. The second-order valence-corrected chi connectivity index (χ2v) is 22.2. The minimum Gasteiger partial charge on any atom is -0.324 e. The highest BCUT2D eigenvalue weighted by atomic mass is 15.0. The largest absolute Gasteiger partial charge is 0.324 e. The smallest absolute Gasteiger partial charge is 0.164 e. The van der Waals surface area contributed by atoms with E-state index in [9.17, 15) is 0 Å². The highest BCUT2D eigenvalue weighted by Gasteiger charge is 2.27. The Hall–Kier alpha value is -11.0. The maximum atomic E-state index is 5.65. The van der Waals surface area contributed by atoms with Crippen molar-refractivity contribution < 1.29 is 0 Å². The number of nitrogens with zero attached hydrogens (tertiary/aromatic N) is 6. The molecular formula is C72H34N8. The summed E-state index contributed by atoms with van der Waals surface area (Å²) < 4.78 is 0. The van der Waals surface area contributed by atoms with Crippen molar-refractivity contribution in [1.29, 1.82) is 0 Å². The number of fused-ring (bicyclic) bond motifs is 32. The van der Waals surface area contributed by atoms with Crippen LogP contribution < -0.4 is 0 Å². The zero-order valence-electron chi connectivity index (χ0n) is 42.2. The van der Waals surface area contributed by atoms with E-state index in [0.717, 1.165) is 64.6 Å². The Bertz CT molecular complexity index is 5550. The maximum Gasteiger partial charge on any atom is 0.164 e. The number of benzene rings is 12. The molecule has 2 aliphatic rings. The third kappa shape index (κ3) is 4.87. The Labute approximate surface area is 450 Å². The fourth-order valence-electron chi connectivity index (χ4n) is 14.9. The highest BCUT2D eigenvalue weighted by molar-refractivity contribution is 6.35. The van der Waals surface area contributed by atoms with Crippen molar-refractivity contribution in [2.45, 2.75) is 0 Å². The third-order valence-corrected chi connectivity index (χ3v) is 18.3. The van der Waals surface area contributed by atoms with Crippen molar-refractivity contribution >= 4 is 174 Å². The van der Waals surface area contributed by atoms with E-state index >= 15 is 0 Å². The topological polar surface area (TPSA) is 109 Å². The first-order valence-electron chi connectivity index (χ1n) is 27.3. The molecule has 0 fully saturated rings. The molecule has 0 unspecified atom stereocenters. The van der Waals surface area contributed by atoms with Gasteiger partial charge in [0.2, 0.25) is 0 Å². The van der Waals surface area contributed by atoms with Gasteiger partial charge in [0, 0.05) is 43.1 Å². The molecule has 8 nitrogen and oxygen atoms in total. The Morgan fingerprint density at radius 1 is 0.188 bits per heavy atom. The first-order valence-corrected chi connectivity index (χ1v) is 27.3. The van der Waals surface area contributed by atoms with Crippen LogP contribution in [0.5, 0.6) is 0 Å². The van der Waals surface area contributed by atoms with Gasteiger partial charge in [0.1, 0.15) is 22.6 Å². The first kappa shape index (κ1) is 40.3. The summed E-state index contributed by atoms with van der Waals surface area (Å²) in [6.45, 7) is 0. The van der Waals surface area contributed by atoms with Gasteiger partial charge in [-0.15, -0.1) is 0 Å². The van der Waals surface area contributed by atoms with Crippen LogP contribution >= 0.6 is 0 Å². The minimum atomic E-state index is 0.574. The molecule has 14 aromatic carbocycles. The van der Waals surface area contributed by atoms with E-state index in [1.807, 2.05) is 0 Å². The van der Waals surface area contributed by atoms with Gasteiger partial charge in [0.15, 0.2) is 22.6 Å². The highest BCUT2D eigenvalue weighted by Crippen LogP contribution is 2.52. The van der Waals surface area contributed by atoms with Crippen molar-refractivity contribution in [3.63, 3.8) is 0 Å². The molecule has 362 valence electrons. The summed E-state index contributed by atoms with van der Waals surface area (Å²) in [4.78, 5) is 41.2. The number of aromatic nitrogens is 8. The van der Waals surface area contributed by atoms with E-state index in [0.29, 0.717) is 45.2 Å². The molecule has 21 rings (SSSR count). The minimum absolute atomic E-state index is 0.574. The average molecular weight is 1010 g/mol. The predicted octanol–water partition coefficient (Wildman–Crippen LogP) is 18.5. The van der Waals surface area contributed by atoms with Crippen LogP contribution in [-0.2, 0) is 0 Å². The lowest BCUT2D eigenvalue weighted by Gasteiger charge is -2.02. The average Bonchev–Trinajstić information content (AvgIpc) is 4.46. The Morgan fingerprint density at radius 3 is 0.713 bits per heavy atom. The second kappa shape index (κ2) is 13.8. The SMILES string of the molecule is c1cc2c3c(cccc3c1)-c1cc3c4nc5nc(nc6[nH]c(nc7nc(nc([nH]4)c3cc1-2)c1cc2c(cc71)c1cccc3cccc2c31)c1cc2c(cc61)-c1cccc3cccc-2c13)c1cc2c(cc51)c1cccc3cccc2c31. The van der Waals surface area contributed by atoms with E-state index in [-0.39, 0.29) is 0 Å². The zero-order valence-corrected chi connectivity index (χ0v) is 42.2. The van der Waals surface area contributed by atoms with Crippen LogP contribution in [0.2, 0.25) is 0 Å². The molecule has 0 saturated heterocycles. The van der Waals surface area contributed by atoms with E-state index in [4.69, 9.17) is 29.9 Å². The molecule has 0 spiro atoms. The van der Waals surface area contributed by atoms with Crippen LogP contribution in [0.3, 0.4) is 0 Å². The second-order valence-electron chi connectivity index (χ2n) is 22.2. The van der Waals surface area contributed by atoms with Crippen LogP contribution in [0.15, 0.2) is 194 Å². The molecule has 5 aromatic heterocycles. The number of aromatic amines is 2. The van der Waals surface area contributed by atoms with Crippen molar-refractivity contribution in [3.8, 4) is 44.5 Å². The third-order valence-electron chi connectivity index (χ3n) is 18.3. The van der Waals surface area contributed by atoms with Crippen molar-refractivity contribution in [2.75, 3.05) is 0 Å². The maximum absolute atomic E-state index is 5.65. The van der Waals surface area contributed by atoms with E-state index in [1.54, 1.807) is 0 Å². The summed E-state index contributed by atoms with van der Waals surface area (Å²) in [5.74, 6) is 0. The quantitative estimate of drug-likeness (QED) is 0.157. The summed E-state index contributed by atoms with van der Waals surface area (Å²) in [6.07, 6.45) is 0. The Kier molecular flexibility index (Phi) is 6.94. The van der Waals surface area contributed by atoms with Crippen LogP contribution in [0.1, 0.15) is 0 Å². The van der Waals surface area contributed by atoms with Gasteiger partial charge in [0.05, 0.1) is 0 Å². The molecule has 0 saturated carbocycles. The van der Waals surface area contributed by atoms with Gasteiger partial charge in [-0.2, -0.15) is 0 Å². The van der Waals surface area contributed by atoms with Crippen LogP contribution in [0.4, 0.5) is 0 Å². The van der Waals surface area contributed by atoms with Gasteiger partial charge in [-0.25, -0.2) is 29.9 Å². The Balaban J connectivity index is 0.973. The van der Waals surface area contributed by atoms with Crippen molar-refractivity contribution in [2.24, 2.45) is 0 Å². The fraction of sp³-hybridized carbons (Fsp3) is 0. The normalized spacial score (nSPS) is 13.0. The molecular weight excluding hydrogens is 977 g/mol. The zero-order chi connectivity index (χ0) is 51.4. The lowest BCUT2D eigenvalue weighted by atomic mass is 10.0. The van der Waals surface area contributed by atoms with Gasteiger partial charge in [-0.1, -0.05) is 146 Å². The summed E-state index contributed by atoms with van der Waals surface area (Å²) >= 11 is 0. The monoisotopic (exact) mass is 1010 g/mol. The van der Waals surface area contributed by atoms with Gasteiger partial charge >= 0.3 is 0 Å². The van der Waals surface area contributed by atoms with Gasteiger partial charge in [0.25, 0.3) is 0 Å². The Morgan fingerprint density at radius 2 is 0.438 bits per heavy atom. The van der Waals surface area contributed by atoms with E-state index in [1.165, 1.54) is 109 Å². The fourth-order valence-corrected chi connectivity index (χ4v) is 14.9. The summed E-state index contributed by atoms with van der Waals surface area (Å²) in [6, 6.07) is 71.2. The lowest BCUT2D eigenvalue weighted by Crippen LogP contribution is -1.80. The molecule has 19 aromatic rings. The predicted molar refractivity (Wildman–Crippen MR) is 331 cm³/mol. The standard InChI is InChI=1S/C72H34N8/c1-9-33-10-2-18-38-46-26-54-53(25-45(46)37(17-1)61(33)38)65-73-66(54)78-68-57-29-49-41-21-5-13-35-14-6-22-42(63(35)41)50(49)30-58(57)70(75-68)80-72-60-32-52-44-24-8-16-36-15-7-23-43(64(36)44)51(52)31-59(60)71(76-72)79-69-56-28-48-40-20-4-12-34-11-3-19-39(62(34)40)47(48)27-55(56)67(74-69)77-65/h1-32H,(H2,73,74,75,76,77,78,79,80). The molecule has 0 aliphatic heterocycles. The van der Waals surface area contributed by atoms with Crippen molar-refractivity contribution in [1.82, 2.24) is 39.9 Å². The number of hydrogen-bond donors (Lipinski definition) is 2. The number of nitrogens with one attached hydrogen (secondary N) is 2. The number of rotatable bonds is 0. The molecule has 80 heavy (non-hydrogen) atoms. The molecule has 2 N–H and O–H groups in total. The van der Waals surface area contributed by atoms with Crippen LogP contribution in [0.25, 0.3) is 219 Å². The molecule has 2 aliphatic carbocycles. The summed E-state index contributed by atoms with van der Waals surface area (Å²) in [7, 11) is 0. The van der Waals surface area contributed by atoms with Crippen molar-refractivity contribution in [3.05, 3.63) is 194 Å². The van der Waals surface area contributed by atoms with E-state index < -0.39 is 0 Å².